The van der Waals surface area contributed by atoms with Gasteiger partial charge in [0.25, 0.3) is 0 Å². The van der Waals surface area contributed by atoms with Gasteiger partial charge in [-0.25, -0.2) is 0 Å². The fourth-order valence-corrected chi connectivity index (χ4v) is 2.08. The summed E-state index contributed by atoms with van der Waals surface area (Å²) in [6, 6.07) is 10.9. The summed E-state index contributed by atoms with van der Waals surface area (Å²) in [5.41, 5.74) is 2.38. The van der Waals surface area contributed by atoms with E-state index >= 15 is 0 Å². The van der Waals surface area contributed by atoms with Gasteiger partial charge in [0.2, 0.25) is 0 Å². The van der Waals surface area contributed by atoms with E-state index in [-0.39, 0.29) is 6.04 Å². The van der Waals surface area contributed by atoms with E-state index in [9.17, 15) is 0 Å². The van der Waals surface area contributed by atoms with E-state index < -0.39 is 0 Å². The zero-order chi connectivity index (χ0) is 12.3. The lowest BCUT2D eigenvalue weighted by Crippen LogP contribution is -2.22. The van der Waals surface area contributed by atoms with E-state index in [1.807, 2.05) is 6.07 Å². The van der Waals surface area contributed by atoms with Crippen LogP contribution in [0.25, 0.3) is 0 Å². The zero-order valence-corrected chi connectivity index (χ0v) is 11.5. The van der Waals surface area contributed by atoms with E-state index in [1.54, 1.807) is 6.20 Å². The van der Waals surface area contributed by atoms with Crippen LogP contribution in [0.1, 0.15) is 37.2 Å². The first-order valence-corrected chi connectivity index (χ1v) is 6.47. The number of aromatic amines is 1. The van der Waals surface area contributed by atoms with Crippen molar-refractivity contribution in [3.05, 3.63) is 52.3 Å². The Morgan fingerprint density at radius 2 is 1.82 bits per heavy atom. The van der Waals surface area contributed by atoms with Gasteiger partial charge < -0.3 is 5.32 Å². The van der Waals surface area contributed by atoms with Gasteiger partial charge in [0.05, 0.1) is 5.69 Å². The highest BCUT2D eigenvalue weighted by molar-refractivity contribution is 9.10. The molecule has 1 aromatic heterocycles. The second-order valence-electron chi connectivity index (χ2n) is 4.17. The average Bonchev–Trinajstić information content (AvgIpc) is 2.83. The van der Waals surface area contributed by atoms with Crippen LogP contribution in [0.2, 0.25) is 0 Å². The maximum atomic E-state index is 3.96. The first-order chi connectivity index (χ1) is 8.16. The number of rotatable bonds is 4. The minimum absolute atomic E-state index is 0.260. The molecule has 0 saturated carbocycles. The van der Waals surface area contributed by atoms with Crippen molar-refractivity contribution in [1.82, 2.24) is 15.5 Å². The van der Waals surface area contributed by atoms with Crippen LogP contribution in [0.3, 0.4) is 0 Å². The number of H-pyrrole nitrogens is 1. The standard InChI is InChI=1S/C13H16BrN3/c1-9(11-3-5-12(14)6-4-11)16-10(2)13-7-8-15-17-13/h3-10,16H,1-2H3,(H,15,17)/t9-,10?/m0/s1. The highest BCUT2D eigenvalue weighted by Crippen LogP contribution is 2.19. The van der Waals surface area contributed by atoms with Crippen molar-refractivity contribution in [1.29, 1.82) is 0 Å². The topological polar surface area (TPSA) is 40.7 Å². The molecular formula is C13H16BrN3. The molecule has 4 heteroatoms. The molecule has 90 valence electrons. The highest BCUT2D eigenvalue weighted by atomic mass is 79.9. The minimum atomic E-state index is 0.260. The van der Waals surface area contributed by atoms with Crippen molar-refractivity contribution in [3.63, 3.8) is 0 Å². The first-order valence-electron chi connectivity index (χ1n) is 5.67. The maximum absolute atomic E-state index is 3.96. The zero-order valence-electron chi connectivity index (χ0n) is 9.94. The number of benzene rings is 1. The molecule has 0 fully saturated rings. The van der Waals surface area contributed by atoms with Crippen molar-refractivity contribution < 1.29 is 0 Å². The number of nitrogens with zero attached hydrogens (tertiary/aromatic N) is 1. The predicted octanol–water partition coefficient (Wildman–Crippen LogP) is 3.58. The molecule has 0 aliphatic rings. The Hall–Kier alpha value is -1.13. The number of nitrogens with one attached hydrogen (secondary N) is 2. The van der Waals surface area contributed by atoms with Crippen molar-refractivity contribution in [3.8, 4) is 0 Å². The van der Waals surface area contributed by atoms with E-state index in [2.05, 4.69) is 69.6 Å². The van der Waals surface area contributed by atoms with Gasteiger partial charge in [0.1, 0.15) is 0 Å². The van der Waals surface area contributed by atoms with Crippen LogP contribution >= 0.6 is 15.9 Å². The van der Waals surface area contributed by atoms with Gasteiger partial charge >= 0.3 is 0 Å². The lowest BCUT2D eigenvalue weighted by atomic mass is 10.1. The highest BCUT2D eigenvalue weighted by Gasteiger charge is 2.11. The summed E-state index contributed by atoms with van der Waals surface area (Å²) in [4.78, 5) is 0. The van der Waals surface area contributed by atoms with Crippen LogP contribution in [-0.4, -0.2) is 10.2 Å². The summed E-state index contributed by atoms with van der Waals surface area (Å²) in [6.07, 6.45) is 1.78. The Morgan fingerprint density at radius 3 is 2.41 bits per heavy atom. The van der Waals surface area contributed by atoms with Gasteiger partial charge in [-0.1, -0.05) is 28.1 Å². The molecule has 0 radical (unpaired) electrons. The van der Waals surface area contributed by atoms with Crippen LogP contribution in [0.4, 0.5) is 0 Å². The number of hydrogen-bond donors (Lipinski definition) is 2. The second kappa shape index (κ2) is 5.47. The molecule has 2 atom stereocenters. The third kappa shape index (κ3) is 3.17. The van der Waals surface area contributed by atoms with Gasteiger partial charge in [0.15, 0.2) is 0 Å². The predicted molar refractivity (Wildman–Crippen MR) is 72.7 cm³/mol. The Labute approximate surface area is 110 Å². The Bertz CT molecular complexity index is 450. The molecule has 0 bridgehead atoms. The normalized spacial score (nSPS) is 14.5. The molecule has 0 aliphatic carbocycles. The fraction of sp³-hybridized carbons (Fsp3) is 0.308. The molecule has 2 N–H and O–H groups in total. The van der Waals surface area contributed by atoms with E-state index in [1.165, 1.54) is 5.56 Å². The van der Waals surface area contributed by atoms with E-state index in [0.717, 1.165) is 10.2 Å². The first kappa shape index (κ1) is 12.3. The minimum Gasteiger partial charge on any atom is -0.302 e. The molecule has 1 aromatic carbocycles. The maximum Gasteiger partial charge on any atom is 0.0518 e. The smallest absolute Gasteiger partial charge is 0.0518 e. The fourth-order valence-electron chi connectivity index (χ4n) is 1.82. The number of halogens is 1. The largest absolute Gasteiger partial charge is 0.302 e. The van der Waals surface area contributed by atoms with Crippen molar-refractivity contribution >= 4 is 15.9 Å². The summed E-state index contributed by atoms with van der Waals surface area (Å²) in [6.45, 7) is 4.29. The quantitative estimate of drug-likeness (QED) is 0.904. The summed E-state index contributed by atoms with van der Waals surface area (Å²) in [5.74, 6) is 0. The number of aromatic nitrogens is 2. The third-order valence-electron chi connectivity index (χ3n) is 2.86. The van der Waals surface area contributed by atoms with Crippen molar-refractivity contribution in [2.24, 2.45) is 0 Å². The van der Waals surface area contributed by atoms with Gasteiger partial charge in [-0.05, 0) is 37.6 Å². The molecule has 3 nitrogen and oxygen atoms in total. The monoisotopic (exact) mass is 293 g/mol. The molecule has 2 rings (SSSR count). The average molecular weight is 294 g/mol. The van der Waals surface area contributed by atoms with Crippen molar-refractivity contribution in [2.45, 2.75) is 25.9 Å². The molecule has 0 saturated heterocycles. The van der Waals surface area contributed by atoms with Crippen LogP contribution < -0.4 is 5.32 Å². The lowest BCUT2D eigenvalue weighted by molar-refractivity contribution is 0.485. The van der Waals surface area contributed by atoms with Gasteiger partial charge in [0, 0.05) is 22.8 Å². The van der Waals surface area contributed by atoms with Crippen LogP contribution in [-0.2, 0) is 0 Å². The van der Waals surface area contributed by atoms with Gasteiger partial charge in [-0.3, -0.25) is 5.10 Å². The Morgan fingerprint density at radius 1 is 1.12 bits per heavy atom. The molecule has 17 heavy (non-hydrogen) atoms. The molecule has 1 unspecified atom stereocenters. The molecule has 2 aromatic rings. The molecule has 0 aliphatic heterocycles. The SMILES string of the molecule is CC(N[C@@H](C)c1ccc(Br)cc1)c1ccn[nH]1. The van der Waals surface area contributed by atoms with E-state index in [4.69, 9.17) is 0 Å². The van der Waals surface area contributed by atoms with Gasteiger partial charge in [-0.15, -0.1) is 0 Å². The molecular weight excluding hydrogens is 278 g/mol. The van der Waals surface area contributed by atoms with Crippen LogP contribution in [0.15, 0.2) is 41.0 Å². The summed E-state index contributed by atoms with van der Waals surface area (Å²) < 4.78 is 1.11. The van der Waals surface area contributed by atoms with Crippen molar-refractivity contribution in [2.75, 3.05) is 0 Å². The summed E-state index contributed by atoms with van der Waals surface area (Å²) >= 11 is 3.44. The summed E-state index contributed by atoms with van der Waals surface area (Å²) in [7, 11) is 0. The van der Waals surface area contributed by atoms with E-state index in [0.29, 0.717) is 6.04 Å². The molecule has 0 spiro atoms. The van der Waals surface area contributed by atoms with Crippen LogP contribution in [0, 0.1) is 0 Å². The van der Waals surface area contributed by atoms with Gasteiger partial charge in [-0.2, -0.15) is 5.10 Å². The number of hydrogen-bond acceptors (Lipinski definition) is 2. The Kier molecular flexibility index (Phi) is 3.97. The second-order valence-corrected chi connectivity index (χ2v) is 5.09. The Balaban J connectivity index is 2.01. The lowest BCUT2D eigenvalue weighted by Gasteiger charge is -2.19. The summed E-state index contributed by atoms with van der Waals surface area (Å²) in [5, 5.41) is 10.5. The third-order valence-corrected chi connectivity index (χ3v) is 3.39. The van der Waals surface area contributed by atoms with Crippen LogP contribution in [0.5, 0.6) is 0 Å². The molecule has 0 amide bonds. The molecule has 1 heterocycles.